The zero-order valence-corrected chi connectivity index (χ0v) is 20.9. The lowest BCUT2D eigenvalue weighted by molar-refractivity contribution is -0.120. The van der Waals surface area contributed by atoms with E-state index in [4.69, 9.17) is 4.74 Å². The normalized spacial score (nSPS) is 23.7. The molecule has 7 heteroatoms. The Labute approximate surface area is 198 Å². The third-order valence-corrected chi connectivity index (χ3v) is 7.00. The van der Waals surface area contributed by atoms with Gasteiger partial charge in [-0.2, -0.15) is 0 Å². The number of nitrogens with zero attached hydrogens (tertiary/aromatic N) is 4. The van der Waals surface area contributed by atoms with Crippen molar-refractivity contribution in [3.63, 3.8) is 0 Å². The van der Waals surface area contributed by atoms with Gasteiger partial charge in [0.25, 0.3) is 0 Å². The Hall–Kier alpha value is -2.12. The van der Waals surface area contributed by atoms with Crippen molar-refractivity contribution in [3.8, 4) is 0 Å². The monoisotopic (exact) mass is 456 g/mol. The number of carbonyl (C=O) groups excluding carboxylic acids is 2. The third kappa shape index (κ3) is 5.52. The van der Waals surface area contributed by atoms with Crippen molar-refractivity contribution in [3.05, 3.63) is 23.8 Å². The van der Waals surface area contributed by atoms with Crippen LogP contribution in [-0.2, 0) is 9.53 Å². The molecule has 0 aromatic heterocycles. The Morgan fingerprint density at radius 2 is 1.88 bits per heavy atom. The number of fused-ring (bicyclic) bond motifs is 1. The SMILES string of the molecule is CC(C)OC(=O)N1C[C@H](C)N(C(=O)C2CC2)c2ccc(C3CCCN(CCN(C)C)C3)cc21. The first-order valence-corrected chi connectivity index (χ1v) is 12.6. The van der Waals surface area contributed by atoms with E-state index in [-0.39, 0.29) is 30.1 Å². The Balaban J connectivity index is 1.62. The molecule has 1 unspecified atom stereocenters. The number of amides is 2. The number of likely N-dealkylation sites (N-methyl/N-ethyl adjacent to an activating group) is 1. The zero-order valence-electron chi connectivity index (χ0n) is 20.9. The van der Waals surface area contributed by atoms with Crippen molar-refractivity contribution in [2.24, 2.45) is 5.92 Å². The molecule has 0 radical (unpaired) electrons. The molecule has 182 valence electrons. The molecule has 33 heavy (non-hydrogen) atoms. The summed E-state index contributed by atoms with van der Waals surface area (Å²) in [5.41, 5.74) is 2.91. The van der Waals surface area contributed by atoms with Gasteiger partial charge >= 0.3 is 6.09 Å². The summed E-state index contributed by atoms with van der Waals surface area (Å²) in [6, 6.07) is 6.31. The van der Waals surface area contributed by atoms with Gasteiger partial charge in [0.05, 0.1) is 23.5 Å². The Morgan fingerprint density at radius 1 is 1.12 bits per heavy atom. The lowest BCUT2D eigenvalue weighted by Gasteiger charge is -2.41. The molecule has 1 saturated carbocycles. The molecular weight excluding hydrogens is 416 g/mol. The average Bonchev–Trinajstić information content (AvgIpc) is 3.62. The number of likely N-dealkylation sites (tertiary alicyclic amines) is 1. The van der Waals surface area contributed by atoms with Gasteiger partial charge in [-0.25, -0.2) is 4.79 Å². The fourth-order valence-corrected chi connectivity index (χ4v) is 5.07. The third-order valence-electron chi connectivity index (χ3n) is 7.00. The number of benzene rings is 1. The van der Waals surface area contributed by atoms with Crippen LogP contribution >= 0.6 is 0 Å². The van der Waals surface area contributed by atoms with Crippen LogP contribution in [0.2, 0.25) is 0 Å². The van der Waals surface area contributed by atoms with Crippen molar-refractivity contribution in [1.82, 2.24) is 9.80 Å². The van der Waals surface area contributed by atoms with Crippen molar-refractivity contribution >= 4 is 23.4 Å². The predicted molar refractivity (Wildman–Crippen MR) is 132 cm³/mol. The fraction of sp³-hybridized carbons (Fsp3) is 0.692. The molecule has 2 atom stereocenters. The van der Waals surface area contributed by atoms with Gasteiger partial charge in [-0.15, -0.1) is 0 Å². The van der Waals surface area contributed by atoms with Crippen LogP contribution in [0.25, 0.3) is 0 Å². The maximum absolute atomic E-state index is 13.1. The van der Waals surface area contributed by atoms with Gasteiger partial charge in [-0.05, 0) is 90.7 Å². The van der Waals surface area contributed by atoms with Crippen LogP contribution in [0.4, 0.5) is 16.2 Å². The number of anilines is 2. The first-order valence-electron chi connectivity index (χ1n) is 12.6. The molecule has 0 N–H and O–H groups in total. The molecule has 1 aliphatic carbocycles. The minimum Gasteiger partial charge on any atom is -0.446 e. The van der Waals surface area contributed by atoms with Crippen LogP contribution < -0.4 is 9.80 Å². The van der Waals surface area contributed by atoms with Gasteiger partial charge in [-0.3, -0.25) is 9.69 Å². The average molecular weight is 457 g/mol. The van der Waals surface area contributed by atoms with Crippen LogP contribution in [-0.4, -0.2) is 80.8 Å². The quantitative estimate of drug-likeness (QED) is 0.649. The summed E-state index contributed by atoms with van der Waals surface area (Å²) in [5.74, 6) is 0.764. The molecule has 2 aliphatic heterocycles. The van der Waals surface area contributed by atoms with E-state index in [1.54, 1.807) is 4.90 Å². The van der Waals surface area contributed by atoms with Gasteiger partial charge in [0.2, 0.25) is 5.91 Å². The summed E-state index contributed by atoms with van der Waals surface area (Å²) in [5, 5.41) is 0. The molecule has 0 bridgehead atoms. The van der Waals surface area contributed by atoms with Crippen LogP contribution in [0.15, 0.2) is 18.2 Å². The minimum absolute atomic E-state index is 0.0765. The number of hydrogen-bond donors (Lipinski definition) is 0. The maximum atomic E-state index is 13.1. The highest BCUT2D eigenvalue weighted by atomic mass is 16.6. The van der Waals surface area contributed by atoms with Crippen LogP contribution in [0.1, 0.15) is 57.9 Å². The first-order chi connectivity index (χ1) is 15.7. The second-order valence-corrected chi connectivity index (χ2v) is 10.6. The van der Waals surface area contributed by atoms with Crippen molar-refractivity contribution in [2.45, 2.75) is 64.5 Å². The maximum Gasteiger partial charge on any atom is 0.414 e. The van der Waals surface area contributed by atoms with Gasteiger partial charge in [0.1, 0.15) is 0 Å². The standard InChI is InChI=1S/C26H40N4O3/c1-18(2)33-26(32)29-16-19(3)30(25(31)20-8-9-20)23-11-10-21(15-24(23)29)22-7-6-12-28(17-22)14-13-27(4)5/h10-11,15,18-20,22H,6-9,12-14,16-17H2,1-5H3/t19-,22?/m0/s1. The minimum atomic E-state index is -0.329. The molecule has 4 rings (SSSR count). The van der Waals surface area contributed by atoms with Crippen LogP contribution in [0, 0.1) is 5.92 Å². The second kappa shape index (κ2) is 10.0. The van der Waals surface area contributed by atoms with E-state index in [0.29, 0.717) is 12.5 Å². The molecule has 2 heterocycles. The number of piperidine rings is 1. The van der Waals surface area contributed by atoms with E-state index >= 15 is 0 Å². The Morgan fingerprint density at radius 3 is 2.55 bits per heavy atom. The first kappa shape index (κ1) is 24.0. The molecule has 7 nitrogen and oxygen atoms in total. The number of ether oxygens (including phenoxy) is 1. The highest BCUT2D eigenvalue weighted by molar-refractivity contribution is 6.04. The van der Waals surface area contributed by atoms with Crippen LogP contribution in [0.5, 0.6) is 0 Å². The smallest absolute Gasteiger partial charge is 0.414 e. The second-order valence-electron chi connectivity index (χ2n) is 10.6. The highest BCUT2D eigenvalue weighted by Crippen LogP contribution is 2.42. The number of rotatable bonds is 6. The topological polar surface area (TPSA) is 56.3 Å². The summed E-state index contributed by atoms with van der Waals surface area (Å²) < 4.78 is 5.58. The molecular formula is C26H40N4O3. The predicted octanol–water partition coefficient (Wildman–Crippen LogP) is 3.92. The molecule has 2 fully saturated rings. The van der Waals surface area contributed by atoms with E-state index in [2.05, 4.69) is 42.1 Å². The molecule has 1 saturated heterocycles. The number of hydrogen-bond acceptors (Lipinski definition) is 5. The molecule has 3 aliphatic rings. The summed E-state index contributed by atoms with van der Waals surface area (Å²) in [7, 11) is 4.23. The fourth-order valence-electron chi connectivity index (χ4n) is 5.07. The molecule has 1 aromatic rings. The summed E-state index contributed by atoms with van der Waals surface area (Å²) in [6.45, 7) is 10.5. The highest BCUT2D eigenvalue weighted by Gasteiger charge is 2.41. The Bertz CT molecular complexity index is 867. The Kier molecular flexibility index (Phi) is 7.29. The van der Waals surface area contributed by atoms with E-state index in [1.165, 1.54) is 12.0 Å². The lowest BCUT2D eigenvalue weighted by atomic mass is 9.89. The van der Waals surface area contributed by atoms with E-state index in [1.807, 2.05) is 25.7 Å². The molecule has 2 amide bonds. The summed E-state index contributed by atoms with van der Waals surface area (Å²) >= 11 is 0. The van der Waals surface area contributed by atoms with Gasteiger partial charge < -0.3 is 19.4 Å². The van der Waals surface area contributed by atoms with E-state index in [0.717, 1.165) is 56.8 Å². The van der Waals surface area contributed by atoms with Crippen molar-refractivity contribution < 1.29 is 14.3 Å². The van der Waals surface area contributed by atoms with Gasteiger partial charge in [0, 0.05) is 32.1 Å². The van der Waals surface area contributed by atoms with Crippen molar-refractivity contribution in [2.75, 3.05) is 56.6 Å². The molecule has 1 aromatic carbocycles. The van der Waals surface area contributed by atoms with E-state index in [9.17, 15) is 9.59 Å². The zero-order chi connectivity index (χ0) is 23.7. The van der Waals surface area contributed by atoms with Crippen molar-refractivity contribution in [1.29, 1.82) is 0 Å². The lowest BCUT2D eigenvalue weighted by Crippen LogP contribution is -2.52. The number of carbonyl (C=O) groups is 2. The van der Waals surface area contributed by atoms with E-state index < -0.39 is 0 Å². The summed E-state index contributed by atoms with van der Waals surface area (Å²) in [4.78, 5) is 34.6. The largest absolute Gasteiger partial charge is 0.446 e. The molecule has 0 spiro atoms. The summed E-state index contributed by atoms with van der Waals surface area (Å²) in [6.07, 6.45) is 3.75. The van der Waals surface area contributed by atoms with Crippen LogP contribution in [0.3, 0.4) is 0 Å². The van der Waals surface area contributed by atoms with Gasteiger partial charge in [-0.1, -0.05) is 6.07 Å². The van der Waals surface area contributed by atoms with Gasteiger partial charge in [0.15, 0.2) is 0 Å².